The highest BCUT2D eigenvalue weighted by molar-refractivity contribution is 5.49. The Morgan fingerprint density at radius 1 is 1.09 bits per heavy atom. The molecule has 2 aliphatic heterocycles. The Morgan fingerprint density at radius 3 is 2.70 bits per heavy atom. The van der Waals surface area contributed by atoms with E-state index in [-0.39, 0.29) is 0 Å². The third kappa shape index (κ3) is 2.49. The first kappa shape index (κ1) is 14.6. The second kappa shape index (κ2) is 5.89. The summed E-state index contributed by atoms with van der Waals surface area (Å²) in [4.78, 5) is 2.58. The van der Waals surface area contributed by atoms with E-state index in [2.05, 4.69) is 48.2 Å². The molecule has 3 heteroatoms. The van der Waals surface area contributed by atoms with Crippen LogP contribution in [0.15, 0.2) is 48.5 Å². The minimum atomic E-state index is 0.431. The van der Waals surface area contributed by atoms with Gasteiger partial charge < -0.3 is 9.47 Å². The van der Waals surface area contributed by atoms with E-state index in [4.69, 9.17) is 9.47 Å². The summed E-state index contributed by atoms with van der Waals surface area (Å²) >= 11 is 0. The Kier molecular flexibility index (Phi) is 3.74. The molecular weight excluding hydrogens is 286 g/mol. The first-order valence-corrected chi connectivity index (χ1v) is 8.36. The van der Waals surface area contributed by atoms with E-state index in [0.717, 1.165) is 31.2 Å². The van der Waals surface area contributed by atoms with E-state index in [1.807, 2.05) is 12.1 Å². The molecule has 3 atom stereocenters. The predicted octanol–water partition coefficient (Wildman–Crippen LogP) is 3.86. The average Bonchev–Trinajstić information content (AvgIpc) is 3.05. The van der Waals surface area contributed by atoms with Crippen LogP contribution in [0.2, 0.25) is 0 Å². The van der Waals surface area contributed by atoms with Gasteiger partial charge in [0.25, 0.3) is 0 Å². The average molecular weight is 309 g/mol. The molecule has 0 saturated carbocycles. The van der Waals surface area contributed by atoms with Crippen LogP contribution >= 0.6 is 0 Å². The molecule has 120 valence electrons. The van der Waals surface area contributed by atoms with E-state index in [1.165, 1.54) is 11.1 Å². The number of hydrogen-bond donors (Lipinski definition) is 0. The molecular formula is C20H23NO2. The third-order valence-electron chi connectivity index (χ3n) is 5.37. The molecule has 2 aliphatic rings. The van der Waals surface area contributed by atoms with Gasteiger partial charge in [0.1, 0.15) is 11.5 Å². The quantitative estimate of drug-likeness (QED) is 0.859. The van der Waals surface area contributed by atoms with Crippen molar-refractivity contribution in [2.24, 2.45) is 5.92 Å². The molecule has 0 aromatic heterocycles. The maximum Gasteiger partial charge on any atom is 0.126 e. The molecule has 3 nitrogen and oxygen atoms in total. The molecule has 4 rings (SSSR count). The standard InChI is InChI=1S/C20H23NO2/c1-14(15-7-4-3-5-8-15)21-11-16-13-23-19-10-6-9-18(22-2)20(19)17(16)12-21/h3-10,14,16-17H,11-13H2,1-2H3/t14?,16-,17+/m1/s1. The summed E-state index contributed by atoms with van der Waals surface area (Å²) in [6.45, 7) is 5.26. The van der Waals surface area contributed by atoms with E-state index < -0.39 is 0 Å². The van der Waals surface area contributed by atoms with Gasteiger partial charge in [-0.15, -0.1) is 0 Å². The molecule has 0 spiro atoms. The fourth-order valence-electron chi connectivity index (χ4n) is 4.05. The highest BCUT2D eigenvalue weighted by Crippen LogP contribution is 2.47. The molecule has 0 aliphatic carbocycles. The summed E-state index contributed by atoms with van der Waals surface area (Å²) in [7, 11) is 1.75. The van der Waals surface area contributed by atoms with Crippen molar-refractivity contribution in [2.45, 2.75) is 18.9 Å². The van der Waals surface area contributed by atoms with Gasteiger partial charge in [0.05, 0.1) is 13.7 Å². The lowest BCUT2D eigenvalue weighted by Gasteiger charge is -2.29. The SMILES string of the molecule is COc1cccc2c1[C@H]1CN(C(C)c3ccccc3)C[C@@H]1CO2. The Labute approximate surface area is 137 Å². The van der Waals surface area contributed by atoms with Crippen molar-refractivity contribution < 1.29 is 9.47 Å². The molecule has 0 radical (unpaired) electrons. The van der Waals surface area contributed by atoms with Crippen LogP contribution in [0, 0.1) is 5.92 Å². The Morgan fingerprint density at radius 2 is 1.91 bits per heavy atom. The van der Waals surface area contributed by atoms with Crippen LogP contribution in [0.3, 0.4) is 0 Å². The minimum absolute atomic E-state index is 0.431. The number of rotatable bonds is 3. The lowest BCUT2D eigenvalue weighted by molar-refractivity contribution is 0.201. The van der Waals surface area contributed by atoms with E-state index in [1.54, 1.807) is 7.11 Å². The van der Waals surface area contributed by atoms with Crippen LogP contribution in [0.4, 0.5) is 0 Å². The van der Waals surface area contributed by atoms with E-state index in [9.17, 15) is 0 Å². The van der Waals surface area contributed by atoms with Gasteiger partial charge in [0.2, 0.25) is 0 Å². The summed E-state index contributed by atoms with van der Waals surface area (Å²) in [6.07, 6.45) is 0. The summed E-state index contributed by atoms with van der Waals surface area (Å²) in [5.74, 6) is 3.01. The highest BCUT2D eigenvalue weighted by Gasteiger charge is 2.41. The molecule has 1 fully saturated rings. The van der Waals surface area contributed by atoms with Gasteiger partial charge in [0.15, 0.2) is 0 Å². The van der Waals surface area contributed by atoms with Gasteiger partial charge in [-0.05, 0) is 24.6 Å². The van der Waals surface area contributed by atoms with Crippen molar-refractivity contribution in [1.82, 2.24) is 4.90 Å². The van der Waals surface area contributed by atoms with Crippen molar-refractivity contribution >= 4 is 0 Å². The van der Waals surface area contributed by atoms with Crippen molar-refractivity contribution in [2.75, 3.05) is 26.8 Å². The van der Waals surface area contributed by atoms with Gasteiger partial charge in [0, 0.05) is 36.5 Å². The largest absolute Gasteiger partial charge is 0.496 e. The molecule has 1 saturated heterocycles. The zero-order valence-corrected chi connectivity index (χ0v) is 13.7. The number of benzene rings is 2. The summed E-state index contributed by atoms with van der Waals surface area (Å²) < 4.78 is 11.6. The zero-order chi connectivity index (χ0) is 15.8. The number of methoxy groups -OCH3 is 1. The molecule has 2 aromatic carbocycles. The Balaban J connectivity index is 1.62. The highest BCUT2D eigenvalue weighted by atomic mass is 16.5. The van der Waals surface area contributed by atoms with Crippen LogP contribution < -0.4 is 9.47 Å². The number of nitrogens with zero attached hydrogens (tertiary/aromatic N) is 1. The topological polar surface area (TPSA) is 21.7 Å². The monoisotopic (exact) mass is 309 g/mol. The lowest BCUT2D eigenvalue weighted by atomic mass is 9.86. The Bertz CT molecular complexity index is 671. The van der Waals surface area contributed by atoms with E-state index in [0.29, 0.717) is 17.9 Å². The maximum atomic E-state index is 6.01. The lowest BCUT2D eigenvalue weighted by Crippen LogP contribution is -2.26. The first-order valence-electron chi connectivity index (χ1n) is 8.36. The summed E-state index contributed by atoms with van der Waals surface area (Å²) in [5.41, 5.74) is 2.64. The number of likely N-dealkylation sites (tertiary alicyclic amines) is 1. The maximum absolute atomic E-state index is 6.01. The second-order valence-corrected chi connectivity index (χ2v) is 6.59. The van der Waals surface area contributed by atoms with Gasteiger partial charge in [-0.1, -0.05) is 36.4 Å². The molecule has 23 heavy (non-hydrogen) atoms. The zero-order valence-electron chi connectivity index (χ0n) is 13.7. The summed E-state index contributed by atoms with van der Waals surface area (Å²) in [5, 5.41) is 0. The molecule has 0 amide bonds. The smallest absolute Gasteiger partial charge is 0.126 e. The van der Waals surface area contributed by atoms with Gasteiger partial charge in [-0.25, -0.2) is 0 Å². The number of hydrogen-bond acceptors (Lipinski definition) is 3. The molecule has 2 aromatic rings. The van der Waals surface area contributed by atoms with Crippen molar-refractivity contribution in [3.8, 4) is 11.5 Å². The van der Waals surface area contributed by atoms with E-state index >= 15 is 0 Å². The molecule has 2 heterocycles. The van der Waals surface area contributed by atoms with Gasteiger partial charge >= 0.3 is 0 Å². The van der Waals surface area contributed by atoms with Crippen LogP contribution in [0.5, 0.6) is 11.5 Å². The van der Waals surface area contributed by atoms with Crippen LogP contribution in [0.1, 0.15) is 30.0 Å². The van der Waals surface area contributed by atoms with Gasteiger partial charge in [-0.2, -0.15) is 0 Å². The van der Waals surface area contributed by atoms with Gasteiger partial charge in [-0.3, -0.25) is 4.90 Å². The van der Waals surface area contributed by atoms with Crippen molar-refractivity contribution in [1.29, 1.82) is 0 Å². The molecule has 0 bridgehead atoms. The third-order valence-corrected chi connectivity index (χ3v) is 5.37. The van der Waals surface area contributed by atoms with Crippen LogP contribution in [0.25, 0.3) is 0 Å². The number of ether oxygens (including phenoxy) is 2. The summed E-state index contributed by atoms with van der Waals surface area (Å²) in [6, 6.07) is 17.3. The second-order valence-electron chi connectivity index (χ2n) is 6.59. The fraction of sp³-hybridized carbons (Fsp3) is 0.400. The Hall–Kier alpha value is -2.00. The molecule has 1 unspecified atom stereocenters. The fourth-order valence-corrected chi connectivity index (χ4v) is 4.05. The normalized spacial score (nSPS) is 24.4. The van der Waals surface area contributed by atoms with Crippen molar-refractivity contribution in [3.05, 3.63) is 59.7 Å². The molecule has 0 N–H and O–H groups in total. The van der Waals surface area contributed by atoms with Crippen molar-refractivity contribution in [3.63, 3.8) is 0 Å². The predicted molar refractivity (Wildman–Crippen MR) is 91.2 cm³/mol. The van der Waals surface area contributed by atoms with Crippen LogP contribution in [-0.2, 0) is 0 Å². The number of fused-ring (bicyclic) bond motifs is 3. The van der Waals surface area contributed by atoms with Crippen LogP contribution in [-0.4, -0.2) is 31.7 Å². The minimum Gasteiger partial charge on any atom is -0.496 e. The first-order chi connectivity index (χ1) is 11.3.